The van der Waals surface area contributed by atoms with Gasteiger partial charge in [0.2, 0.25) is 11.1 Å². The SMILES string of the molecule is NC(CCc1cc(O)c(C(c2cccc(NS(=O)(=O)c3ncc[nH]3)c2)C2CC2)c(=O)o1)C(=O)NC(CO)(CO)CO. The number of aryl methyl sites for hydroxylation is 1. The Kier molecular flexibility index (Phi) is 9.14. The maximum Gasteiger partial charge on any atom is 0.343 e. The highest BCUT2D eigenvalue weighted by Gasteiger charge is 2.38. The van der Waals surface area contributed by atoms with Crippen molar-refractivity contribution in [3.05, 3.63) is 70.0 Å². The zero-order chi connectivity index (χ0) is 29.8. The van der Waals surface area contributed by atoms with E-state index >= 15 is 0 Å². The molecule has 2 unspecified atom stereocenters. The van der Waals surface area contributed by atoms with Crippen molar-refractivity contribution in [2.45, 2.75) is 48.3 Å². The molecule has 15 heteroatoms. The minimum Gasteiger partial charge on any atom is -0.507 e. The number of rotatable bonds is 14. The fraction of sp³-hybridized carbons (Fsp3) is 0.423. The van der Waals surface area contributed by atoms with Crippen LogP contribution in [-0.4, -0.2) is 76.1 Å². The molecule has 1 saturated carbocycles. The molecule has 222 valence electrons. The first-order chi connectivity index (χ1) is 19.5. The Morgan fingerprint density at radius 3 is 2.49 bits per heavy atom. The first-order valence-electron chi connectivity index (χ1n) is 12.9. The van der Waals surface area contributed by atoms with E-state index in [9.17, 15) is 38.4 Å². The number of hydrogen-bond donors (Lipinski definition) is 8. The second kappa shape index (κ2) is 12.4. The molecule has 1 aromatic carbocycles. The van der Waals surface area contributed by atoms with E-state index in [0.29, 0.717) is 5.56 Å². The monoisotopic (exact) mass is 591 g/mol. The Hall–Kier alpha value is -3.76. The van der Waals surface area contributed by atoms with Crippen LogP contribution in [0.3, 0.4) is 0 Å². The van der Waals surface area contributed by atoms with Gasteiger partial charge in [-0.25, -0.2) is 9.78 Å². The van der Waals surface area contributed by atoms with Crippen molar-refractivity contribution in [1.29, 1.82) is 0 Å². The number of nitrogens with two attached hydrogens (primary N) is 1. The lowest BCUT2D eigenvalue weighted by atomic mass is 9.87. The summed E-state index contributed by atoms with van der Waals surface area (Å²) < 4.78 is 33.1. The zero-order valence-electron chi connectivity index (χ0n) is 22.0. The molecule has 3 aromatic rings. The average Bonchev–Trinajstić information content (AvgIpc) is 3.61. The lowest BCUT2D eigenvalue weighted by molar-refractivity contribution is -0.126. The van der Waals surface area contributed by atoms with Crippen LogP contribution in [0.15, 0.2) is 57.1 Å². The topological polar surface area (TPSA) is 241 Å². The number of hydrogen-bond acceptors (Lipinski definition) is 11. The summed E-state index contributed by atoms with van der Waals surface area (Å²) in [5, 5.41) is 41.2. The Bertz CT molecular complexity index is 1510. The van der Waals surface area contributed by atoms with Gasteiger partial charge in [0.25, 0.3) is 10.0 Å². The number of aromatic amines is 1. The molecule has 1 amide bonds. The van der Waals surface area contributed by atoms with Gasteiger partial charge in [-0.3, -0.25) is 9.52 Å². The van der Waals surface area contributed by atoms with Gasteiger partial charge in [-0.2, -0.15) is 8.42 Å². The van der Waals surface area contributed by atoms with E-state index < -0.39 is 58.9 Å². The van der Waals surface area contributed by atoms with Crippen LogP contribution in [0.4, 0.5) is 5.69 Å². The van der Waals surface area contributed by atoms with E-state index in [0.717, 1.165) is 12.8 Å². The molecule has 2 atom stereocenters. The van der Waals surface area contributed by atoms with Crippen LogP contribution in [-0.2, 0) is 21.2 Å². The summed E-state index contributed by atoms with van der Waals surface area (Å²) in [6.45, 7) is -2.11. The number of anilines is 1. The number of nitrogens with one attached hydrogen (secondary N) is 3. The molecule has 0 aliphatic heterocycles. The predicted molar refractivity (Wildman–Crippen MR) is 145 cm³/mol. The van der Waals surface area contributed by atoms with Crippen LogP contribution in [0.5, 0.6) is 5.75 Å². The van der Waals surface area contributed by atoms with Crippen molar-refractivity contribution in [2.75, 3.05) is 24.5 Å². The van der Waals surface area contributed by atoms with Crippen LogP contribution >= 0.6 is 0 Å². The highest BCUT2D eigenvalue weighted by molar-refractivity contribution is 7.92. The Balaban J connectivity index is 1.51. The number of aromatic nitrogens is 2. The van der Waals surface area contributed by atoms with Crippen LogP contribution < -0.4 is 21.4 Å². The number of amides is 1. The van der Waals surface area contributed by atoms with E-state index in [1.165, 1.54) is 18.5 Å². The number of aromatic hydroxyl groups is 1. The Morgan fingerprint density at radius 1 is 1.20 bits per heavy atom. The maximum absolute atomic E-state index is 13.1. The molecule has 0 spiro atoms. The summed E-state index contributed by atoms with van der Waals surface area (Å²) in [6.07, 6.45) is 4.32. The third-order valence-corrected chi connectivity index (χ3v) is 8.22. The predicted octanol–water partition coefficient (Wildman–Crippen LogP) is -0.497. The molecule has 0 bridgehead atoms. The Morgan fingerprint density at radius 2 is 1.90 bits per heavy atom. The van der Waals surface area contributed by atoms with Crippen molar-refractivity contribution in [1.82, 2.24) is 15.3 Å². The van der Waals surface area contributed by atoms with E-state index in [2.05, 4.69) is 20.0 Å². The highest BCUT2D eigenvalue weighted by Crippen LogP contribution is 2.48. The number of imidazole rings is 1. The second-order valence-electron chi connectivity index (χ2n) is 10.1. The van der Waals surface area contributed by atoms with Gasteiger partial charge >= 0.3 is 5.63 Å². The number of carbonyl (C=O) groups excluding carboxylic acids is 1. The smallest absolute Gasteiger partial charge is 0.343 e. The molecule has 2 heterocycles. The van der Waals surface area contributed by atoms with Crippen molar-refractivity contribution in [3.63, 3.8) is 0 Å². The number of sulfonamides is 1. The quantitative estimate of drug-likeness (QED) is 0.119. The van der Waals surface area contributed by atoms with E-state index in [4.69, 9.17) is 10.2 Å². The molecule has 14 nitrogen and oxygen atoms in total. The largest absolute Gasteiger partial charge is 0.507 e. The zero-order valence-corrected chi connectivity index (χ0v) is 22.8. The lowest BCUT2D eigenvalue weighted by Crippen LogP contribution is -2.60. The van der Waals surface area contributed by atoms with Crippen LogP contribution in [0.2, 0.25) is 0 Å². The van der Waals surface area contributed by atoms with Crippen molar-refractivity contribution < 1.29 is 38.1 Å². The molecular formula is C26H33N5O9S. The summed E-state index contributed by atoms with van der Waals surface area (Å²) >= 11 is 0. The molecule has 0 radical (unpaired) electrons. The lowest BCUT2D eigenvalue weighted by Gasteiger charge is -2.30. The third kappa shape index (κ3) is 6.94. The molecule has 0 saturated heterocycles. The summed E-state index contributed by atoms with van der Waals surface area (Å²) in [4.78, 5) is 31.8. The number of nitrogens with zero attached hydrogens (tertiary/aromatic N) is 1. The fourth-order valence-electron chi connectivity index (χ4n) is 4.50. The molecule has 1 aliphatic carbocycles. The molecule has 41 heavy (non-hydrogen) atoms. The molecule has 4 rings (SSSR count). The van der Waals surface area contributed by atoms with Gasteiger partial charge in [-0.15, -0.1) is 0 Å². The normalized spacial score (nSPS) is 15.3. The standard InChI is InChI=1S/C26H33N5O9S/c27-19(23(36)30-26(12-32,13-33)14-34)7-6-18-11-20(35)22(24(37)40-18)21(15-4-5-15)16-2-1-3-17(10-16)31-41(38,39)25-28-8-9-29-25/h1-3,8-11,15,19,21,31-35H,4-7,12-14,27H2,(H,28,29)(H,30,36). The second-order valence-corrected chi connectivity index (χ2v) is 11.7. The van der Waals surface area contributed by atoms with E-state index in [-0.39, 0.29) is 46.7 Å². The highest BCUT2D eigenvalue weighted by atomic mass is 32.2. The minimum absolute atomic E-state index is 0.00413. The average molecular weight is 592 g/mol. The van der Waals surface area contributed by atoms with Gasteiger partial charge in [0.1, 0.15) is 17.0 Å². The maximum atomic E-state index is 13.1. The van der Waals surface area contributed by atoms with E-state index in [1.54, 1.807) is 24.3 Å². The van der Waals surface area contributed by atoms with Gasteiger partial charge in [-0.05, 0) is 42.9 Å². The number of aliphatic hydroxyl groups excluding tert-OH is 3. The fourth-order valence-corrected chi connectivity index (χ4v) is 5.46. The van der Waals surface area contributed by atoms with Crippen LogP contribution in [0, 0.1) is 5.92 Å². The first-order valence-corrected chi connectivity index (χ1v) is 14.4. The van der Waals surface area contributed by atoms with Crippen molar-refractivity contribution in [2.24, 2.45) is 11.7 Å². The van der Waals surface area contributed by atoms with Crippen LogP contribution in [0.1, 0.15) is 42.1 Å². The van der Waals surface area contributed by atoms with Crippen molar-refractivity contribution in [3.8, 4) is 5.75 Å². The number of carbonyl (C=O) groups is 1. The minimum atomic E-state index is -3.96. The first kappa shape index (κ1) is 30.2. The number of aliphatic hydroxyl groups is 3. The number of benzene rings is 1. The van der Waals surface area contributed by atoms with Gasteiger partial charge in [0.15, 0.2) is 0 Å². The Labute approximate surface area is 235 Å². The number of H-pyrrole nitrogens is 1. The molecule has 2 aromatic heterocycles. The molecule has 1 aliphatic rings. The summed E-state index contributed by atoms with van der Waals surface area (Å²) in [6, 6.07) is 6.70. The summed E-state index contributed by atoms with van der Waals surface area (Å²) in [5.74, 6) is -1.46. The molecule has 9 N–H and O–H groups in total. The molecular weight excluding hydrogens is 558 g/mol. The van der Waals surface area contributed by atoms with Gasteiger partial charge in [-0.1, -0.05) is 12.1 Å². The van der Waals surface area contributed by atoms with Gasteiger partial charge in [0.05, 0.1) is 31.4 Å². The van der Waals surface area contributed by atoms with Gasteiger partial charge in [0, 0.05) is 36.5 Å². The van der Waals surface area contributed by atoms with Gasteiger partial charge < -0.3 is 40.9 Å². The van der Waals surface area contributed by atoms with Crippen LogP contribution in [0.25, 0.3) is 0 Å². The van der Waals surface area contributed by atoms with Crippen molar-refractivity contribution >= 4 is 21.6 Å². The van der Waals surface area contributed by atoms with E-state index in [1.807, 2.05) is 0 Å². The summed E-state index contributed by atoms with van der Waals surface area (Å²) in [5.41, 5.74) is 4.42. The third-order valence-electron chi connectivity index (χ3n) is 6.98. The summed E-state index contributed by atoms with van der Waals surface area (Å²) in [7, 11) is -3.96. The molecule has 1 fully saturated rings.